The van der Waals surface area contributed by atoms with E-state index in [0.717, 1.165) is 48.4 Å². The molecule has 2 aromatic rings. The number of quaternary nitrogens is 2. The summed E-state index contributed by atoms with van der Waals surface area (Å²) in [4.78, 5) is 15.4. The van der Waals surface area contributed by atoms with Crippen LogP contribution in [0.4, 0.5) is 5.69 Å². The Morgan fingerprint density at radius 1 is 1.00 bits per heavy atom. The Morgan fingerprint density at radius 3 is 2.38 bits per heavy atom. The Hall–Kier alpha value is -1.69. The van der Waals surface area contributed by atoms with Crippen molar-refractivity contribution < 1.29 is 14.6 Å². The van der Waals surface area contributed by atoms with Crippen LogP contribution in [0.15, 0.2) is 46.9 Å². The standard InChI is InChI=1S/C21H26BrN3O/c1-16-5-3-4-6-18(16)14-24-9-11-25(12-10-24)15-21(26)23-20-8-7-19(22)13-17(20)2/h3-8,13H,9-12,14-15H2,1-2H3,(H,23,26)/p+2. The van der Waals surface area contributed by atoms with Gasteiger partial charge in [-0.05, 0) is 43.2 Å². The summed E-state index contributed by atoms with van der Waals surface area (Å²) in [5.41, 5.74) is 4.80. The molecule has 1 fully saturated rings. The summed E-state index contributed by atoms with van der Waals surface area (Å²) < 4.78 is 1.03. The molecule has 1 aliphatic rings. The quantitative estimate of drug-likeness (QED) is 0.666. The highest BCUT2D eigenvalue weighted by molar-refractivity contribution is 9.10. The molecule has 0 saturated carbocycles. The fourth-order valence-corrected chi connectivity index (χ4v) is 4.05. The molecular formula is C21H28BrN3O+2. The van der Waals surface area contributed by atoms with E-state index in [2.05, 4.69) is 52.4 Å². The third-order valence-electron chi connectivity index (χ3n) is 5.24. The predicted molar refractivity (Wildman–Crippen MR) is 109 cm³/mol. The highest BCUT2D eigenvalue weighted by Gasteiger charge is 2.25. The fraction of sp³-hybridized carbons (Fsp3) is 0.381. The molecule has 3 N–H and O–H groups in total. The van der Waals surface area contributed by atoms with E-state index in [1.54, 1.807) is 4.90 Å². The van der Waals surface area contributed by atoms with Crippen molar-refractivity contribution in [3.63, 3.8) is 0 Å². The molecule has 2 aromatic carbocycles. The molecule has 1 saturated heterocycles. The van der Waals surface area contributed by atoms with Crippen molar-refractivity contribution in [2.45, 2.75) is 20.4 Å². The first-order valence-corrected chi connectivity index (χ1v) is 10.1. The molecule has 0 radical (unpaired) electrons. The minimum Gasteiger partial charge on any atom is -0.322 e. The first kappa shape index (κ1) is 19.1. The highest BCUT2D eigenvalue weighted by Crippen LogP contribution is 2.19. The van der Waals surface area contributed by atoms with Gasteiger partial charge in [0.2, 0.25) is 0 Å². The van der Waals surface area contributed by atoms with Crippen LogP contribution in [0, 0.1) is 13.8 Å². The summed E-state index contributed by atoms with van der Waals surface area (Å²) in [5.74, 6) is 0.104. The molecule has 3 rings (SSSR count). The van der Waals surface area contributed by atoms with Crippen LogP contribution >= 0.6 is 15.9 Å². The number of nitrogens with one attached hydrogen (secondary N) is 3. The molecule has 0 aliphatic carbocycles. The summed E-state index contributed by atoms with van der Waals surface area (Å²) in [5, 5.41) is 3.06. The van der Waals surface area contributed by atoms with Gasteiger partial charge in [0.25, 0.3) is 5.91 Å². The van der Waals surface area contributed by atoms with Crippen LogP contribution in [0.3, 0.4) is 0 Å². The largest absolute Gasteiger partial charge is 0.322 e. The van der Waals surface area contributed by atoms with E-state index in [1.165, 1.54) is 16.0 Å². The predicted octanol–water partition coefficient (Wildman–Crippen LogP) is 0.988. The number of carbonyl (C=O) groups excluding carboxylic acids is 1. The van der Waals surface area contributed by atoms with Crippen molar-refractivity contribution in [2.24, 2.45) is 0 Å². The molecule has 0 unspecified atom stereocenters. The minimum absolute atomic E-state index is 0.104. The number of hydrogen-bond acceptors (Lipinski definition) is 1. The van der Waals surface area contributed by atoms with Gasteiger partial charge in [0.05, 0.1) is 0 Å². The van der Waals surface area contributed by atoms with Crippen molar-refractivity contribution in [1.82, 2.24) is 0 Å². The number of anilines is 1. The summed E-state index contributed by atoms with van der Waals surface area (Å²) >= 11 is 3.46. The lowest BCUT2D eigenvalue weighted by Crippen LogP contribution is -3.28. The van der Waals surface area contributed by atoms with E-state index >= 15 is 0 Å². The summed E-state index contributed by atoms with van der Waals surface area (Å²) in [6, 6.07) is 14.6. The molecule has 0 bridgehead atoms. The van der Waals surface area contributed by atoms with E-state index in [0.29, 0.717) is 6.54 Å². The van der Waals surface area contributed by atoms with E-state index in [4.69, 9.17) is 0 Å². The van der Waals surface area contributed by atoms with Crippen LogP contribution < -0.4 is 15.1 Å². The number of amides is 1. The molecular weight excluding hydrogens is 390 g/mol. The minimum atomic E-state index is 0.104. The lowest BCUT2D eigenvalue weighted by Gasteiger charge is -2.29. The summed E-state index contributed by atoms with van der Waals surface area (Å²) in [7, 11) is 0. The van der Waals surface area contributed by atoms with Gasteiger partial charge in [-0.2, -0.15) is 0 Å². The van der Waals surface area contributed by atoms with Gasteiger partial charge in [0, 0.05) is 15.7 Å². The number of halogens is 1. The number of benzene rings is 2. The SMILES string of the molecule is Cc1ccccc1C[NH+]1CC[NH+](CC(=O)Nc2ccc(Br)cc2C)CC1. The first-order valence-electron chi connectivity index (χ1n) is 9.29. The van der Waals surface area contributed by atoms with Crippen molar-refractivity contribution in [3.05, 3.63) is 63.6 Å². The van der Waals surface area contributed by atoms with Gasteiger partial charge in [0.15, 0.2) is 6.54 Å². The average Bonchev–Trinajstić information content (AvgIpc) is 2.61. The molecule has 0 aromatic heterocycles. The Morgan fingerprint density at radius 2 is 1.69 bits per heavy atom. The zero-order chi connectivity index (χ0) is 18.5. The van der Waals surface area contributed by atoms with Crippen LogP contribution in [-0.2, 0) is 11.3 Å². The van der Waals surface area contributed by atoms with Crippen LogP contribution in [0.25, 0.3) is 0 Å². The number of rotatable bonds is 5. The van der Waals surface area contributed by atoms with E-state index in [1.807, 2.05) is 25.1 Å². The van der Waals surface area contributed by atoms with Gasteiger partial charge in [-0.25, -0.2) is 0 Å². The van der Waals surface area contributed by atoms with E-state index < -0.39 is 0 Å². The number of hydrogen-bond donors (Lipinski definition) is 3. The fourth-order valence-electron chi connectivity index (χ4n) is 3.58. The zero-order valence-electron chi connectivity index (χ0n) is 15.6. The normalized spacial score (nSPS) is 20.0. The van der Waals surface area contributed by atoms with Crippen molar-refractivity contribution >= 4 is 27.5 Å². The Balaban J connectivity index is 1.46. The second kappa shape index (κ2) is 8.80. The maximum absolute atomic E-state index is 12.4. The number of aryl methyl sites for hydroxylation is 2. The molecule has 138 valence electrons. The van der Waals surface area contributed by atoms with Crippen LogP contribution in [-0.4, -0.2) is 38.6 Å². The lowest BCUT2D eigenvalue weighted by atomic mass is 10.1. The van der Waals surface area contributed by atoms with Crippen molar-refractivity contribution in [3.8, 4) is 0 Å². The molecule has 5 heteroatoms. The van der Waals surface area contributed by atoms with Crippen molar-refractivity contribution in [1.29, 1.82) is 0 Å². The maximum atomic E-state index is 12.4. The smallest absolute Gasteiger partial charge is 0.279 e. The number of carbonyl (C=O) groups is 1. The van der Waals surface area contributed by atoms with Gasteiger partial charge in [-0.3, -0.25) is 4.79 Å². The summed E-state index contributed by atoms with van der Waals surface area (Å²) in [6.07, 6.45) is 0. The molecule has 1 aliphatic heterocycles. The van der Waals surface area contributed by atoms with E-state index in [9.17, 15) is 4.79 Å². The van der Waals surface area contributed by atoms with Crippen LogP contribution in [0.1, 0.15) is 16.7 Å². The molecule has 1 heterocycles. The van der Waals surface area contributed by atoms with Gasteiger partial charge in [-0.15, -0.1) is 0 Å². The van der Waals surface area contributed by atoms with Gasteiger partial charge < -0.3 is 15.1 Å². The Bertz CT molecular complexity index is 770. The van der Waals surface area contributed by atoms with Gasteiger partial charge in [-0.1, -0.05) is 40.2 Å². The lowest BCUT2D eigenvalue weighted by molar-refractivity contribution is -1.02. The molecule has 0 atom stereocenters. The highest BCUT2D eigenvalue weighted by atomic mass is 79.9. The second-order valence-corrected chi connectivity index (χ2v) is 8.20. The van der Waals surface area contributed by atoms with E-state index in [-0.39, 0.29) is 5.91 Å². The third-order valence-corrected chi connectivity index (χ3v) is 5.73. The second-order valence-electron chi connectivity index (χ2n) is 7.29. The van der Waals surface area contributed by atoms with Gasteiger partial charge in [0.1, 0.15) is 32.7 Å². The number of piperazine rings is 1. The monoisotopic (exact) mass is 417 g/mol. The molecule has 0 spiro atoms. The summed E-state index contributed by atoms with van der Waals surface area (Å²) in [6.45, 7) is 10.2. The zero-order valence-corrected chi connectivity index (χ0v) is 17.2. The average molecular weight is 418 g/mol. The Kier molecular flexibility index (Phi) is 6.46. The van der Waals surface area contributed by atoms with Crippen LogP contribution in [0.2, 0.25) is 0 Å². The van der Waals surface area contributed by atoms with Gasteiger partial charge >= 0.3 is 0 Å². The molecule has 26 heavy (non-hydrogen) atoms. The maximum Gasteiger partial charge on any atom is 0.279 e. The Labute approximate surface area is 164 Å². The molecule has 1 amide bonds. The first-order chi connectivity index (χ1) is 12.5. The topological polar surface area (TPSA) is 38.0 Å². The van der Waals surface area contributed by atoms with Crippen molar-refractivity contribution in [2.75, 3.05) is 38.0 Å². The molecule has 4 nitrogen and oxygen atoms in total. The third kappa shape index (κ3) is 5.16. The van der Waals surface area contributed by atoms with Crippen LogP contribution in [0.5, 0.6) is 0 Å².